The Morgan fingerprint density at radius 3 is 2.31 bits per heavy atom. The van der Waals surface area contributed by atoms with Gasteiger partial charge in [-0.25, -0.2) is 4.39 Å². The number of carboxylic acids is 2. The van der Waals surface area contributed by atoms with Crippen molar-refractivity contribution in [2.75, 3.05) is 20.3 Å². The number of methoxy groups -OCH3 is 1. The molecule has 0 saturated heterocycles. The topological polar surface area (TPSA) is 140 Å². The van der Waals surface area contributed by atoms with Crippen LogP contribution >= 0.6 is 22.7 Å². The number of hydrogen-bond acceptors (Lipinski definition) is 9. The number of aryl methyl sites for hydroxylation is 1. The zero-order valence-electron chi connectivity index (χ0n) is 23.3. The molecule has 0 aliphatic carbocycles. The third-order valence-corrected chi connectivity index (χ3v) is 9.06. The van der Waals surface area contributed by atoms with Crippen LogP contribution in [0.15, 0.2) is 30.3 Å². The van der Waals surface area contributed by atoms with E-state index in [2.05, 4.69) is 0 Å². The summed E-state index contributed by atoms with van der Waals surface area (Å²) in [6, 6.07) is 8.18. The molecule has 0 saturated carbocycles. The van der Waals surface area contributed by atoms with Crippen molar-refractivity contribution in [3.8, 4) is 23.0 Å². The number of phenolic OH excluding ortho intramolecular Hbond substituents is 1. The number of Topliss-reactive ketones (excluding diaryl/α,β-unsaturated/α-hetero) is 1. The Morgan fingerprint density at radius 2 is 1.62 bits per heavy atom. The van der Waals surface area contributed by atoms with Crippen molar-refractivity contribution in [3.05, 3.63) is 45.9 Å². The van der Waals surface area contributed by atoms with Crippen LogP contribution in [0.2, 0.25) is 0 Å². The van der Waals surface area contributed by atoms with Gasteiger partial charge in [-0.2, -0.15) is 0 Å². The summed E-state index contributed by atoms with van der Waals surface area (Å²) in [6.07, 6.45) is 1.22. The maximum Gasteiger partial charge on any atom is 0.306 e. The minimum absolute atomic E-state index is 0.0230. The Kier molecular flexibility index (Phi) is 9.89. The van der Waals surface area contributed by atoms with Gasteiger partial charge in [0.05, 0.1) is 37.0 Å². The molecule has 4 rings (SSSR count). The second-order valence-electron chi connectivity index (χ2n) is 10.0. The number of carboxylic acid groups (broad SMARTS) is 2. The maximum atomic E-state index is 15.4. The molecule has 0 unspecified atom stereocenters. The van der Waals surface area contributed by atoms with E-state index in [1.165, 1.54) is 42.8 Å². The van der Waals surface area contributed by atoms with Crippen molar-refractivity contribution in [1.29, 1.82) is 0 Å². The fraction of sp³-hybridized carbons (Fsp3) is 0.367. The van der Waals surface area contributed by atoms with Gasteiger partial charge in [-0.1, -0.05) is 13.8 Å². The highest BCUT2D eigenvalue weighted by Crippen LogP contribution is 2.41. The molecule has 12 heteroatoms. The fourth-order valence-electron chi connectivity index (χ4n) is 4.23. The number of ether oxygens (including phenoxy) is 3. The summed E-state index contributed by atoms with van der Waals surface area (Å²) in [4.78, 5) is 35.9. The average Bonchev–Trinajstić information content (AvgIpc) is 3.56. The lowest BCUT2D eigenvalue weighted by molar-refractivity contribution is -0.142. The number of fused-ring (bicyclic) bond motifs is 2. The molecule has 2 heterocycles. The minimum atomic E-state index is -1.04. The SMILES string of the molecule is COc1cc2sc(CC[C@H](C)C(=O)O)cc2c(F)c1OCCCOc1cc2cc(C(=O)C[C@H](C)C(=O)O)sc2cc1O. The first-order chi connectivity index (χ1) is 20.0. The van der Waals surface area contributed by atoms with Gasteiger partial charge < -0.3 is 29.5 Å². The number of benzene rings is 2. The molecule has 0 aliphatic rings. The standard InChI is InChI=1S/C30H31FO9S2/c1-15(29(34)35)5-6-18-12-19-25(41-18)14-23(38-3)28(27(19)31)40-8-4-7-39-22-10-17-11-26(42-24(17)13-20(22)32)21(33)9-16(2)30(36)37/h10-16,32H,4-9H2,1-3H3,(H,34,35)(H,36,37)/t15-,16-/m0/s1. The first kappa shape index (κ1) is 31.0. The fourth-order valence-corrected chi connectivity index (χ4v) is 6.36. The Hall–Kier alpha value is -3.90. The van der Waals surface area contributed by atoms with Gasteiger partial charge >= 0.3 is 11.9 Å². The molecular formula is C30H31FO9S2. The van der Waals surface area contributed by atoms with Crippen LogP contribution in [0.1, 0.15) is 47.7 Å². The van der Waals surface area contributed by atoms with Crippen LogP contribution in [0.3, 0.4) is 0 Å². The van der Waals surface area contributed by atoms with Crippen molar-refractivity contribution >= 4 is 60.6 Å². The van der Waals surface area contributed by atoms with Crippen LogP contribution in [0.4, 0.5) is 4.39 Å². The highest BCUT2D eigenvalue weighted by Gasteiger charge is 2.21. The summed E-state index contributed by atoms with van der Waals surface area (Å²) in [5, 5.41) is 29.6. The van der Waals surface area contributed by atoms with Crippen molar-refractivity contribution in [1.82, 2.24) is 0 Å². The zero-order chi connectivity index (χ0) is 30.6. The quantitative estimate of drug-likeness (QED) is 0.0973. The number of hydrogen-bond donors (Lipinski definition) is 3. The number of carbonyl (C=O) groups excluding carboxylic acids is 1. The Bertz CT molecular complexity index is 1620. The van der Waals surface area contributed by atoms with E-state index in [0.717, 1.165) is 4.88 Å². The third kappa shape index (κ3) is 7.11. The molecule has 2 aromatic carbocycles. The normalized spacial score (nSPS) is 12.8. The van der Waals surface area contributed by atoms with Gasteiger partial charge in [0.2, 0.25) is 0 Å². The molecule has 0 fully saturated rings. The number of aromatic hydroxyl groups is 1. The highest BCUT2D eigenvalue weighted by molar-refractivity contribution is 7.21. The Balaban J connectivity index is 1.36. The summed E-state index contributed by atoms with van der Waals surface area (Å²) in [5.74, 6) is -3.69. The number of thiophene rings is 2. The lowest BCUT2D eigenvalue weighted by Crippen LogP contribution is -2.13. The first-order valence-corrected chi connectivity index (χ1v) is 14.9. The highest BCUT2D eigenvalue weighted by atomic mass is 32.1. The summed E-state index contributed by atoms with van der Waals surface area (Å²) in [7, 11) is 1.43. The lowest BCUT2D eigenvalue weighted by atomic mass is 10.0. The predicted molar refractivity (Wildman–Crippen MR) is 158 cm³/mol. The molecule has 0 radical (unpaired) electrons. The van der Waals surface area contributed by atoms with Gasteiger partial charge in [-0.05, 0) is 36.4 Å². The van der Waals surface area contributed by atoms with Crippen LogP contribution in [-0.4, -0.2) is 53.4 Å². The van der Waals surface area contributed by atoms with E-state index in [0.29, 0.717) is 44.3 Å². The summed E-state index contributed by atoms with van der Waals surface area (Å²) in [6.45, 7) is 3.38. The largest absolute Gasteiger partial charge is 0.504 e. The van der Waals surface area contributed by atoms with E-state index in [9.17, 15) is 19.5 Å². The molecule has 42 heavy (non-hydrogen) atoms. The van der Waals surface area contributed by atoms with Crippen LogP contribution in [-0.2, 0) is 16.0 Å². The molecule has 4 aromatic rings. The molecule has 224 valence electrons. The van der Waals surface area contributed by atoms with Gasteiger partial charge in [0.1, 0.15) is 0 Å². The zero-order valence-corrected chi connectivity index (χ0v) is 24.9. The van der Waals surface area contributed by atoms with Gasteiger partial charge in [0.25, 0.3) is 0 Å². The summed E-state index contributed by atoms with van der Waals surface area (Å²) >= 11 is 2.56. The maximum absolute atomic E-state index is 15.4. The molecule has 0 bridgehead atoms. The number of rotatable bonds is 15. The van der Waals surface area contributed by atoms with Crippen LogP contribution < -0.4 is 14.2 Å². The van der Waals surface area contributed by atoms with Gasteiger partial charge in [0.15, 0.2) is 34.6 Å². The van der Waals surface area contributed by atoms with Crippen molar-refractivity contribution in [2.24, 2.45) is 11.8 Å². The van der Waals surface area contributed by atoms with Crippen molar-refractivity contribution in [3.63, 3.8) is 0 Å². The van der Waals surface area contributed by atoms with Gasteiger partial charge in [0, 0.05) is 44.6 Å². The molecule has 9 nitrogen and oxygen atoms in total. The molecule has 2 atom stereocenters. The van der Waals surface area contributed by atoms with E-state index >= 15 is 4.39 Å². The van der Waals surface area contributed by atoms with E-state index in [-0.39, 0.29) is 48.4 Å². The molecule has 0 amide bonds. The Labute approximate surface area is 249 Å². The number of ketones is 1. The molecule has 3 N–H and O–H groups in total. The van der Waals surface area contributed by atoms with Crippen LogP contribution in [0, 0.1) is 17.7 Å². The molecule has 2 aromatic heterocycles. The molecule has 0 aliphatic heterocycles. The smallest absolute Gasteiger partial charge is 0.306 e. The van der Waals surface area contributed by atoms with Crippen LogP contribution in [0.25, 0.3) is 20.2 Å². The second-order valence-corrected chi connectivity index (χ2v) is 12.3. The second kappa shape index (κ2) is 13.4. The number of halogens is 1. The molecular weight excluding hydrogens is 587 g/mol. The summed E-state index contributed by atoms with van der Waals surface area (Å²) < 4.78 is 33.5. The van der Waals surface area contributed by atoms with E-state index in [4.69, 9.17) is 24.4 Å². The lowest BCUT2D eigenvalue weighted by Gasteiger charge is -2.13. The predicted octanol–water partition coefficient (Wildman–Crippen LogP) is 6.76. The van der Waals surface area contributed by atoms with E-state index < -0.39 is 29.6 Å². The minimum Gasteiger partial charge on any atom is -0.504 e. The van der Waals surface area contributed by atoms with Crippen LogP contribution in [0.5, 0.6) is 23.0 Å². The van der Waals surface area contributed by atoms with Gasteiger partial charge in [-0.3, -0.25) is 14.4 Å². The Morgan fingerprint density at radius 1 is 0.905 bits per heavy atom. The van der Waals surface area contributed by atoms with Gasteiger partial charge in [-0.15, -0.1) is 22.7 Å². The number of aliphatic carboxylic acids is 2. The van der Waals surface area contributed by atoms with E-state index in [1.807, 2.05) is 0 Å². The van der Waals surface area contributed by atoms with E-state index in [1.54, 1.807) is 31.2 Å². The summed E-state index contributed by atoms with van der Waals surface area (Å²) in [5.41, 5.74) is 0. The van der Waals surface area contributed by atoms with Crippen molar-refractivity contribution in [2.45, 2.75) is 39.5 Å². The number of carbonyl (C=O) groups is 3. The van der Waals surface area contributed by atoms with Crippen molar-refractivity contribution < 1.29 is 48.3 Å². The average molecular weight is 619 g/mol. The molecule has 0 spiro atoms. The monoisotopic (exact) mass is 618 g/mol. The first-order valence-electron chi connectivity index (χ1n) is 13.3. The third-order valence-electron chi connectivity index (χ3n) is 6.78. The number of phenols is 1.